The third kappa shape index (κ3) is 8.54. The highest BCUT2D eigenvalue weighted by Crippen LogP contribution is 2.34. The number of carbonyl (C=O) groups is 2. The molecule has 0 saturated heterocycles. The van der Waals surface area contributed by atoms with Crippen molar-refractivity contribution in [1.82, 2.24) is 0 Å². The van der Waals surface area contributed by atoms with Crippen LogP contribution in [0.5, 0.6) is 0 Å². The summed E-state index contributed by atoms with van der Waals surface area (Å²) in [5, 5.41) is -4.15. The second kappa shape index (κ2) is 7.85. The molecule has 0 fully saturated rings. The van der Waals surface area contributed by atoms with E-state index in [4.69, 9.17) is 0 Å². The maximum atomic E-state index is 12.8. The lowest BCUT2D eigenvalue weighted by Crippen LogP contribution is -2.50. The SMILES string of the molecule is O=C(OCC(F)(F)F)C(C(C(=O)OCC(F)(F)F)S(=O)(=O)[O-])C(F)(F)F. The second-order valence-corrected chi connectivity index (χ2v) is 5.87. The van der Waals surface area contributed by atoms with E-state index in [1.54, 1.807) is 0 Å². The third-order valence-electron chi connectivity index (χ3n) is 2.21. The zero-order valence-corrected chi connectivity index (χ0v) is 12.6. The molecule has 0 amide bonds. The van der Waals surface area contributed by atoms with Crippen molar-refractivity contribution in [2.45, 2.75) is 23.8 Å². The minimum absolute atomic E-state index is 2.62. The molecular weight excluding hydrogens is 423 g/mol. The van der Waals surface area contributed by atoms with Crippen LogP contribution >= 0.6 is 0 Å². The summed E-state index contributed by atoms with van der Waals surface area (Å²) < 4.78 is 148. The molecule has 0 saturated carbocycles. The summed E-state index contributed by atoms with van der Waals surface area (Å²) in [6, 6.07) is 0. The van der Waals surface area contributed by atoms with Gasteiger partial charge in [0.05, 0.1) is 0 Å². The molecule has 0 aliphatic heterocycles. The van der Waals surface area contributed by atoms with Crippen LogP contribution in [0.4, 0.5) is 39.5 Å². The Balaban J connectivity index is 5.80. The molecule has 0 aliphatic rings. The molecular formula is C9H6F9O7S-. The fraction of sp³-hybridized carbons (Fsp3) is 0.778. The molecule has 2 unspecified atom stereocenters. The van der Waals surface area contributed by atoms with Crippen molar-refractivity contribution < 1.29 is 71.5 Å². The van der Waals surface area contributed by atoms with Crippen LogP contribution in [0.25, 0.3) is 0 Å². The summed E-state index contributed by atoms with van der Waals surface area (Å²) in [7, 11) is -6.51. The molecule has 0 heterocycles. The van der Waals surface area contributed by atoms with E-state index < -0.39 is 65.0 Å². The van der Waals surface area contributed by atoms with E-state index in [9.17, 15) is 62.1 Å². The Morgan fingerprint density at radius 3 is 1.42 bits per heavy atom. The van der Waals surface area contributed by atoms with E-state index >= 15 is 0 Å². The van der Waals surface area contributed by atoms with Gasteiger partial charge in [0.2, 0.25) is 0 Å². The number of alkyl halides is 9. The van der Waals surface area contributed by atoms with Gasteiger partial charge in [-0.25, -0.2) is 8.42 Å². The summed E-state index contributed by atoms with van der Waals surface area (Å²) in [6.07, 6.45) is -16.9. The van der Waals surface area contributed by atoms with Crippen molar-refractivity contribution in [3.8, 4) is 0 Å². The molecule has 2 atom stereocenters. The van der Waals surface area contributed by atoms with Gasteiger partial charge >= 0.3 is 30.5 Å². The van der Waals surface area contributed by atoms with Crippen LogP contribution in [0.1, 0.15) is 0 Å². The number of hydrogen-bond acceptors (Lipinski definition) is 7. The number of halogens is 9. The first-order valence-corrected chi connectivity index (χ1v) is 7.21. The molecule has 0 aromatic rings. The second-order valence-electron chi connectivity index (χ2n) is 4.38. The van der Waals surface area contributed by atoms with Crippen LogP contribution in [0.3, 0.4) is 0 Å². The smallest absolute Gasteiger partial charge is 0.422 e. The molecule has 0 bridgehead atoms. The zero-order valence-electron chi connectivity index (χ0n) is 11.7. The number of carbonyl (C=O) groups excluding carboxylic acids is 2. The number of ether oxygens (including phenoxy) is 2. The summed E-state index contributed by atoms with van der Waals surface area (Å²) in [5.41, 5.74) is 0. The Labute approximate surface area is 137 Å². The standard InChI is InChI=1S/C9H7F9O7S/c10-7(11,12)1-24-5(19)3(9(16,17)18)4(26(21,22)23)6(20)25-2-8(13,14)15/h3-4H,1-2H2,(H,21,22,23)/p-1. The lowest BCUT2D eigenvalue weighted by atomic mass is 10.0. The van der Waals surface area contributed by atoms with Gasteiger partial charge in [0.1, 0.15) is 10.1 Å². The van der Waals surface area contributed by atoms with E-state index in [1.165, 1.54) is 0 Å². The van der Waals surface area contributed by atoms with Crippen LogP contribution in [0, 0.1) is 5.92 Å². The third-order valence-corrected chi connectivity index (χ3v) is 3.30. The maximum absolute atomic E-state index is 12.8. The van der Waals surface area contributed by atoms with Crippen LogP contribution in [0.15, 0.2) is 0 Å². The van der Waals surface area contributed by atoms with Gasteiger partial charge in [-0.1, -0.05) is 0 Å². The lowest BCUT2D eigenvalue weighted by molar-refractivity contribution is -0.218. The normalized spacial score (nSPS) is 15.9. The van der Waals surface area contributed by atoms with Gasteiger partial charge in [0.25, 0.3) is 0 Å². The summed E-state index contributed by atoms with van der Waals surface area (Å²) in [5.74, 6) is -10.3. The van der Waals surface area contributed by atoms with Crippen LogP contribution in [0.2, 0.25) is 0 Å². The first-order valence-electron chi connectivity index (χ1n) is 5.74. The first kappa shape index (κ1) is 24.2. The molecule has 0 aromatic heterocycles. The average Bonchev–Trinajstić information content (AvgIpc) is 2.34. The molecule has 0 aromatic carbocycles. The van der Waals surface area contributed by atoms with E-state index in [2.05, 4.69) is 9.47 Å². The molecule has 0 radical (unpaired) electrons. The van der Waals surface area contributed by atoms with Crippen LogP contribution in [-0.4, -0.2) is 61.9 Å². The van der Waals surface area contributed by atoms with Gasteiger partial charge in [-0.3, -0.25) is 9.59 Å². The van der Waals surface area contributed by atoms with E-state index in [1.807, 2.05) is 0 Å². The predicted molar refractivity (Wildman–Crippen MR) is 57.1 cm³/mol. The average molecular weight is 429 g/mol. The lowest BCUT2D eigenvalue weighted by Gasteiger charge is -2.28. The molecule has 154 valence electrons. The van der Waals surface area contributed by atoms with Gasteiger partial charge in [-0.15, -0.1) is 0 Å². The van der Waals surface area contributed by atoms with Crippen LogP contribution < -0.4 is 0 Å². The Kier molecular flexibility index (Phi) is 7.31. The molecule has 17 heteroatoms. The highest BCUT2D eigenvalue weighted by Gasteiger charge is 2.57. The Morgan fingerprint density at radius 2 is 1.15 bits per heavy atom. The Morgan fingerprint density at radius 1 is 0.808 bits per heavy atom. The molecule has 0 N–H and O–H groups in total. The molecule has 0 aliphatic carbocycles. The Bertz CT molecular complexity index is 619. The monoisotopic (exact) mass is 429 g/mol. The number of hydrogen-bond donors (Lipinski definition) is 0. The van der Waals surface area contributed by atoms with Gasteiger partial charge in [-0.05, 0) is 0 Å². The molecule has 0 rings (SSSR count). The zero-order chi connectivity index (χ0) is 21.1. The molecule has 0 spiro atoms. The fourth-order valence-electron chi connectivity index (χ4n) is 1.33. The fourth-order valence-corrected chi connectivity index (χ4v) is 2.23. The maximum Gasteiger partial charge on any atom is 0.422 e. The quantitative estimate of drug-likeness (QED) is 0.356. The van der Waals surface area contributed by atoms with Crippen molar-refractivity contribution in [3.63, 3.8) is 0 Å². The van der Waals surface area contributed by atoms with Crippen molar-refractivity contribution in [2.24, 2.45) is 5.92 Å². The topological polar surface area (TPSA) is 110 Å². The molecule has 7 nitrogen and oxygen atoms in total. The number of rotatable bonds is 6. The van der Waals surface area contributed by atoms with E-state index in [-0.39, 0.29) is 0 Å². The predicted octanol–water partition coefficient (Wildman–Crippen LogP) is 1.29. The minimum Gasteiger partial charge on any atom is -0.747 e. The largest absolute Gasteiger partial charge is 0.747 e. The first-order chi connectivity index (χ1) is 11.3. The van der Waals surface area contributed by atoms with Gasteiger partial charge in [0.15, 0.2) is 24.4 Å². The van der Waals surface area contributed by atoms with Gasteiger partial charge in [-0.2, -0.15) is 39.5 Å². The summed E-state index contributed by atoms with van der Waals surface area (Å²) in [6.45, 7) is -5.28. The van der Waals surface area contributed by atoms with E-state index in [0.717, 1.165) is 0 Å². The van der Waals surface area contributed by atoms with Crippen molar-refractivity contribution in [2.75, 3.05) is 13.2 Å². The minimum atomic E-state index is -6.51. The van der Waals surface area contributed by atoms with Gasteiger partial charge < -0.3 is 14.0 Å². The highest BCUT2D eigenvalue weighted by molar-refractivity contribution is 7.87. The Hall–Kier alpha value is -1.78. The number of esters is 2. The molecule has 26 heavy (non-hydrogen) atoms. The van der Waals surface area contributed by atoms with Gasteiger partial charge in [0, 0.05) is 0 Å². The van der Waals surface area contributed by atoms with Crippen molar-refractivity contribution in [3.05, 3.63) is 0 Å². The highest BCUT2D eigenvalue weighted by atomic mass is 32.2. The van der Waals surface area contributed by atoms with Crippen LogP contribution in [-0.2, 0) is 29.2 Å². The van der Waals surface area contributed by atoms with E-state index in [0.29, 0.717) is 0 Å². The summed E-state index contributed by atoms with van der Waals surface area (Å²) in [4.78, 5) is 22.4. The van der Waals surface area contributed by atoms with Crippen molar-refractivity contribution in [1.29, 1.82) is 0 Å². The van der Waals surface area contributed by atoms with Crippen molar-refractivity contribution >= 4 is 22.1 Å². The summed E-state index contributed by atoms with van der Waals surface area (Å²) >= 11 is 0.